The number of halogens is 1. The number of carbonyl (C=O) groups excluding carboxylic acids is 3. The van der Waals surface area contributed by atoms with Gasteiger partial charge in [-0.25, -0.2) is 4.39 Å². The zero-order chi connectivity index (χ0) is 26.7. The predicted molar refractivity (Wildman–Crippen MR) is 140 cm³/mol. The molecule has 1 spiro atoms. The number of nitrogens with zero attached hydrogens (tertiary/aromatic N) is 2. The molecule has 38 heavy (non-hydrogen) atoms. The number of carbonyl (C=O) groups is 3. The number of hydrogen-bond donors (Lipinski definition) is 1. The smallest absolute Gasteiger partial charge is 0.257 e. The van der Waals surface area contributed by atoms with E-state index in [1.165, 1.54) is 18.2 Å². The van der Waals surface area contributed by atoms with Crippen molar-refractivity contribution in [2.45, 2.75) is 38.1 Å². The Labute approximate surface area is 221 Å². The maximum atomic E-state index is 13.9. The maximum absolute atomic E-state index is 13.9. The van der Waals surface area contributed by atoms with Gasteiger partial charge in [-0.05, 0) is 42.3 Å². The molecule has 7 nitrogen and oxygen atoms in total. The Hall–Kier alpha value is -4.04. The van der Waals surface area contributed by atoms with Gasteiger partial charge in [-0.15, -0.1) is 0 Å². The Morgan fingerprint density at radius 1 is 0.947 bits per heavy atom. The number of amides is 3. The molecule has 3 aromatic carbocycles. The van der Waals surface area contributed by atoms with E-state index in [0.29, 0.717) is 38.0 Å². The second-order valence-electron chi connectivity index (χ2n) is 9.77. The van der Waals surface area contributed by atoms with Gasteiger partial charge in [0.15, 0.2) is 0 Å². The molecular weight excluding hydrogens is 485 g/mol. The second kappa shape index (κ2) is 10.8. The van der Waals surface area contributed by atoms with Crippen molar-refractivity contribution in [1.29, 1.82) is 0 Å². The normalized spacial score (nSPS) is 18.4. The molecule has 0 aromatic heterocycles. The molecule has 2 aliphatic heterocycles. The zero-order valence-corrected chi connectivity index (χ0v) is 21.2. The average Bonchev–Trinajstić information content (AvgIpc) is 3.30. The van der Waals surface area contributed by atoms with Crippen LogP contribution in [0.4, 0.5) is 4.39 Å². The van der Waals surface area contributed by atoms with E-state index in [0.717, 1.165) is 11.1 Å². The average molecular weight is 516 g/mol. The minimum Gasteiger partial charge on any atom is -0.353 e. The minimum absolute atomic E-state index is 0.0656. The van der Waals surface area contributed by atoms with Crippen molar-refractivity contribution in [3.05, 3.63) is 107 Å². The summed E-state index contributed by atoms with van der Waals surface area (Å²) in [6.45, 7) is 2.89. The Kier molecular flexibility index (Phi) is 7.24. The SMILES string of the molecule is Cc1ccccc1C(=O)N1[C@@H](C(=O)NCc2ccccc2)COC12CCN(C(=O)c1cccc(F)c1)CC2. The number of nitrogens with one attached hydrogen (secondary N) is 1. The zero-order valence-electron chi connectivity index (χ0n) is 21.2. The molecule has 0 bridgehead atoms. The lowest BCUT2D eigenvalue weighted by Crippen LogP contribution is -2.59. The van der Waals surface area contributed by atoms with Crippen LogP contribution in [0.1, 0.15) is 44.7 Å². The van der Waals surface area contributed by atoms with Gasteiger partial charge in [-0.1, -0.05) is 54.6 Å². The van der Waals surface area contributed by atoms with Crippen LogP contribution in [0, 0.1) is 12.7 Å². The van der Waals surface area contributed by atoms with E-state index in [-0.39, 0.29) is 29.9 Å². The third kappa shape index (κ3) is 5.04. The summed E-state index contributed by atoms with van der Waals surface area (Å²) < 4.78 is 19.9. The molecule has 2 saturated heterocycles. The van der Waals surface area contributed by atoms with E-state index in [1.54, 1.807) is 28.0 Å². The highest BCUT2D eigenvalue weighted by Crippen LogP contribution is 2.39. The van der Waals surface area contributed by atoms with Crippen LogP contribution >= 0.6 is 0 Å². The van der Waals surface area contributed by atoms with Crippen molar-refractivity contribution in [3.8, 4) is 0 Å². The van der Waals surface area contributed by atoms with Crippen molar-refractivity contribution in [3.63, 3.8) is 0 Å². The summed E-state index contributed by atoms with van der Waals surface area (Å²) >= 11 is 0. The molecule has 5 rings (SSSR count). The summed E-state index contributed by atoms with van der Waals surface area (Å²) in [6, 6.07) is 21.7. The van der Waals surface area contributed by atoms with Crippen LogP contribution in [0.5, 0.6) is 0 Å². The molecule has 2 fully saturated rings. The summed E-state index contributed by atoms with van der Waals surface area (Å²) in [5.74, 6) is -1.30. The summed E-state index contributed by atoms with van der Waals surface area (Å²) in [5, 5.41) is 2.95. The fourth-order valence-corrected chi connectivity index (χ4v) is 5.28. The second-order valence-corrected chi connectivity index (χ2v) is 9.77. The van der Waals surface area contributed by atoms with Gasteiger partial charge in [0, 0.05) is 43.6 Å². The lowest BCUT2D eigenvalue weighted by molar-refractivity contribution is -0.128. The highest BCUT2D eigenvalue weighted by Gasteiger charge is 2.54. The van der Waals surface area contributed by atoms with Crippen molar-refractivity contribution in [1.82, 2.24) is 15.1 Å². The minimum atomic E-state index is -1.02. The first-order valence-corrected chi connectivity index (χ1v) is 12.8. The fourth-order valence-electron chi connectivity index (χ4n) is 5.28. The van der Waals surface area contributed by atoms with Gasteiger partial charge in [-0.3, -0.25) is 19.3 Å². The lowest BCUT2D eigenvalue weighted by Gasteiger charge is -2.44. The quantitative estimate of drug-likeness (QED) is 0.559. The van der Waals surface area contributed by atoms with Crippen molar-refractivity contribution < 1.29 is 23.5 Å². The van der Waals surface area contributed by atoms with Crippen molar-refractivity contribution in [2.75, 3.05) is 19.7 Å². The van der Waals surface area contributed by atoms with E-state index >= 15 is 0 Å². The fraction of sp³-hybridized carbons (Fsp3) is 0.300. The van der Waals surface area contributed by atoms with Crippen LogP contribution in [0.2, 0.25) is 0 Å². The lowest BCUT2D eigenvalue weighted by atomic mass is 9.95. The predicted octanol–water partition coefficient (Wildman–Crippen LogP) is 3.92. The van der Waals surface area contributed by atoms with E-state index < -0.39 is 17.6 Å². The van der Waals surface area contributed by atoms with E-state index in [2.05, 4.69) is 5.32 Å². The summed E-state index contributed by atoms with van der Waals surface area (Å²) in [6.07, 6.45) is 0.683. The summed E-state index contributed by atoms with van der Waals surface area (Å²) in [7, 11) is 0. The number of rotatable bonds is 5. The number of piperidine rings is 1. The standard InChI is InChI=1S/C30H30FN3O4/c1-21-8-5-6-13-25(21)29(37)34-26(27(35)32-19-22-9-3-2-4-10-22)20-38-30(34)14-16-33(17-15-30)28(36)23-11-7-12-24(31)18-23/h2-13,18,26H,14-17,19-20H2,1H3,(H,32,35)/t26-/m1/s1. The molecule has 196 valence electrons. The van der Waals surface area contributed by atoms with E-state index in [9.17, 15) is 18.8 Å². The molecule has 1 N–H and O–H groups in total. The first kappa shape index (κ1) is 25.6. The van der Waals surface area contributed by atoms with Crippen molar-refractivity contribution >= 4 is 17.7 Å². The molecule has 1 atom stereocenters. The Bertz CT molecular complexity index is 1340. The van der Waals surface area contributed by atoms with Crippen LogP contribution in [-0.4, -0.2) is 59.0 Å². The highest BCUT2D eigenvalue weighted by atomic mass is 19.1. The van der Waals surface area contributed by atoms with Gasteiger partial charge in [0.2, 0.25) is 5.91 Å². The molecule has 3 aromatic rings. The number of likely N-dealkylation sites (tertiary alicyclic amines) is 1. The maximum Gasteiger partial charge on any atom is 0.257 e. The van der Waals surface area contributed by atoms with E-state index in [1.807, 2.05) is 49.4 Å². The van der Waals surface area contributed by atoms with Gasteiger partial charge in [0.05, 0.1) is 6.61 Å². The molecule has 0 radical (unpaired) electrons. The molecule has 2 heterocycles. The highest BCUT2D eigenvalue weighted by molar-refractivity contribution is 5.99. The van der Waals surface area contributed by atoms with Crippen LogP contribution < -0.4 is 5.32 Å². The van der Waals surface area contributed by atoms with Crippen LogP contribution in [-0.2, 0) is 16.1 Å². The molecule has 0 aliphatic carbocycles. The third-order valence-corrected chi connectivity index (χ3v) is 7.37. The van der Waals surface area contributed by atoms with E-state index in [4.69, 9.17) is 4.74 Å². The monoisotopic (exact) mass is 515 g/mol. The molecule has 3 amide bonds. The third-order valence-electron chi connectivity index (χ3n) is 7.37. The number of ether oxygens (including phenoxy) is 1. The number of aryl methyl sites for hydroxylation is 1. The first-order valence-electron chi connectivity index (χ1n) is 12.8. The Balaban J connectivity index is 1.37. The molecular formula is C30H30FN3O4. The molecule has 2 aliphatic rings. The van der Waals surface area contributed by atoms with Crippen LogP contribution in [0.15, 0.2) is 78.9 Å². The summed E-state index contributed by atoms with van der Waals surface area (Å²) in [5.41, 5.74) is 1.53. The topological polar surface area (TPSA) is 79.0 Å². The molecule has 0 unspecified atom stereocenters. The first-order chi connectivity index (χ1) is 18.4. The van der Waals surface area contributed by atoms with Crippen LogP contribution in [0.25, 0.3) is 0 Å². The van der Waals surface area contributed by atoms with Gasteiger partial charge < -0.3 is 15.0 Å². The van der Waals surface area contributed by atoms with Gasteiger partial charge in [-0.2, -0.15) is 0 Å². The van der Waals surface area contributed by atoms with Gasteiger partial charge in [0.25, 0.3) is 11.8 Å². The molecule has 0 saturated carbocycles. The molecule has 8 heteroatoms. The summed E-state index contributed by atoms with van der Waals surface area (Å²) in [4.78, 5) is 43.6. The number of hydrogen-bond acceptors (Lipinski definition) is 4. The van der Waals surface area contributed by atoms with Crippen molar-refractivity contribution in [2.24, 2.45) is 0 Å². The largest absolute Gasteiger partial charge is 0.353 e. The van der Waals surface area contributed by atoms with Crippen LogP contribution in [0.3, 0.4) is 0 Å². The van der Waals surface area contributed by atoms with Gasteiger partial charge >= 0.3 is 0 Å². The van der Waals surface area contributed by atoms with Gasteiger partial charge in [0.1, 0.15) is 17.6 Å². The Morgan fingerprint density at radius 2 is 1.66 bits per heavy atom. The Morgan fingerprint density at radius 3 is 2.37 bits per heavy atom. The number of benzene rings is 3.